The highest BCUT2D eigenvalue weighted by Gasteiger charge is 2.31. The SMILES string of the molecule is CC(C)c1nn(-c2ccccc2)cc1CNC(=O)C1CCCC1O. The third-order valence-corrected chi connectivity index (χ3v) is 4.66. The van der Waals surface area contributed by atoms with Gasteiger partial charge in [-0.05, 0) is 37.3 Å². The number of hydrogen-bond acceptors (Lipinski definition) is 3. The van der Waals surface area contributed by atoms with Crippen molar-refractivity contribution in [2.24, 2.45) is 5.92 Å². The largest absolute Gasteiger partial charge is 0.392 e. The molecule has 1 aromatic heterocycles. The number of carbonyl (C=O) groups is 1. The fraction of sp³-hybridized carbons (Fsp3) is 0.474. The zero-order chi connectivity index (χ0) is 17.1. The standard InChI is InChI=1S/C19H25N3O2/c1-13(2)18-14(11-20-19(24)16-9-6-10-17(16)23)12-22(21-18)15-7-4-3-5-8-15/h3-5,7-8,12-13,16-17,23H,6,9-11H2,1-2H3,(H,20,24). The van der Waals surface area contributed by atoms with Gasteiger partial charge in [-0.3, -0.25) is 4.79 Å². The second-order valence-electron chi connectivity index (χ2n) is 6.80. The molecule has 5 heteroatoms. The Labute approximate surface area is 142 Å². The predicted molar refractivity (Wildman–Crippen MR) is 92.8 cm³/mol. The van der Waals surface area contributed by atoms with Crippen molar-refractivity contribution < 1.29 is 9.90 Å². The van der Waals surface area contributed by atoms with Gasteiger partial charge < -0.3 is 10.4 Å². The third kappa shape index (κ3) is 3.51. The van der Waals surface area contributed by atoms with Gasteiger partial charge in [0.25, 0.3) is 0 Å². The van der Waals surface area contributed by atoms with Gasteiger partial charge in [0, 0.05) is 18.3 Å². The lowest BCUT2D eigenvalue weighted by atomic mass is 10.0. The van der Waals surface area contributed by atoms with E-state index in [1.807, 2.05) is 41.2 Å². The summed E-state index contributed by atoms with van der Waals surface area (Å²) in [5.41, 5.74) is 3.02. The molecule has 2 N–H and O–H groups in total. The van der Waals surface area contributed by atoms with Crippen molar-refractivity contribution >= 4 is 5.91 Å². The Morgan fingerprint density at radius 2 is 2.08 bits per heavy atom. The summed E-state index contributed by atoms with van der Waals surface area (Å²) in [5, 5.41) is 17.5. The van der Waals surface area contributed by atoms with E-state index in [9.17, 15) is 9.90 Å². The molecular weight excluding hydrogens is 302 g/mol. The first kappa shape index (κ1) is 16.7. The molecule has 0 radical (unpaired) electrons. The second kappa shape index (κ2) is 7.18. The van der Waals surface area contributed by atoms with Gasteiger partial charge in [-0.25, -0.2) is 4.68 Å². The number of aromatic nitrogens is 2. The van der Waals surface area contributed by atoms with Crippen LogP contribution in [-0.4, -0.2) is 26.9 Å². The van der Waals surface area contributed by atoms with Crippen LogP contribution in [0, 0.1) is 5.92 Å². The Balaban J connectivity index is 1.75. The molecule has 0 saturated heterocycles. The molecule has 1 heterocycles. The van der Waals surface area contributed by atoms with Gasteiger partial charge in [-0.15, -0.1) is 0 Å². The monoisotopic (exact) mass is 327 g/mol. The van der Waals surface area contributed by atoms with Crippen molar-refractivity contribution in [1.29, 1.82) is 0 Å². The molecule has 1 fully saturated rings. The van der Waals surface area contributed by atoms with Crippen LogP contribution in [0.1, 0.15) is 50.3 Å². The van der Waals surface area contributed by atoms with E-state index in [0.29, 0.717) is 6.54 Å². The molecule has 3 rings (SSSR count). The topological polar surface area (TPSA) is 67.2 Å². The first-order valence-electron chi connectivity index (χ1n) is 8.66. The number of hydrogen-bond donors (Lipinski definition) is 2. The van der Waals surface area contributed by atoms with Gasteiger partial charge in [-0.1, -0.05) is 32.0 Å². The lowest BCUT2D eigenvalue weighted by Gasteiger charge is -2.14. The number of aliphatic hydroxyl groups is 1. The number of benzene rings is 1. The first-order valence-corrected chi connectivity index (χ1v) is 8.66. The van der Waals surface area contributed by atoms with Gasteiger partial charge in [0.2, 0.25) is 5.91 Å². The summed E-state index contributed by atoms with van der Waals surface area (Å²) in [6.45, 7) is 4.65. The lowest BCUT2D eigenvalue weighted by Crippen LogP contribution is -2.34. The van der Waals surface area contributed by atoms with Gasteiger partial charge in [0.1, 0.15) is 0 Å². The Morgan fingerprint density at radius 3 is 2.71 bits per heavy atom. The van der Waals surface area contributed by atoms with E-state index in [1.54, 1.807) is 0 Å². The second-order valence-corrected chi connectivity index (χ2v) is 6.80. The highest BCUT2D eigenvalue weighted by molar-refractivity contribution is 5.79. The van der Waals surface area contributed by atoms with Crippen molar-refractivity contribution in [3.05, 3.63) is 47.8 Å². The Morgan fingerprint density at radius 1 is 1.33 bits per heavy atom. The van der Waals surface area contributed by atoms with E-state index in [-0.39, 0.29) is 17.7 Å². The van der Waals surface area contributed by atoms with Crippen LogP contribution in [0.4, 0.5) is 0 Å². The molecule has 1 aliphatic rings. The molecule has 1 aromatic carbocycles. The molecule has 1 aliphatic carbocycles. The summed E-state index contributed by atoms with van der Waals surface area (Å²) < 4.78 is 1.86. The zero-order valence-electron chi connectivity index (χ0n) is 14.3. The highest BCUT2D eigenvalue weighted by atomic mass is 16.3. The molecular formula is C19H25N3O2. The minimum Gasteiger partial charge on any atom is -0.392 e. The number of nitrogens with zero attached hydrogens (tertiary/aromatic N) is 2. The zero-order valence-corrected chi connectivity index (χ0v) is 14.3. The summed E-state index contributed by atoms with van der Waals surface area (Å²) in [5.74, 6) is -0.0437. The van der Waals surface area contributed by atoms with Crippen LogP contribution in [0.15, 0.2) is 36.5 Å². The smallest absolute Gasteiger partial charge is 0.225 e. The van der Waals surface area contributed by atoms with E-state index >= 15 is 0 Å². The molecule has 0 spiro atoms. The Kier molecular flexibility index (Phi) is 5.00. The maximum atomic E-state index is 12.3. The molecule has 2 unspecified atom stereocenters. The fourth-order valence-electron chi connectivity index (χ4n) is 3.32. The molecule has 1 amide bonds. The molecule has 0 aliphatic heterocycles. The fourth-order valence-corrected chi connectivity index (χ4v) is 3.32. The van der Waals surface area contributed by atoms with Gasteiger partial charge in [0.05, 0.1) is 23.4 Å². The number of aliphatic hydroxyl groups excluding tert-OH is 1. The van der Waals surface area contributed by atoms with Crippen molar-refractivity contribution in [2.75, 3.05) is 0 Å². The van der Waals surface area contributed by atoms with Crippen LogP contribution >= 0.6 is 0 Å². The van der Waals surface area contributed by atoms with Crippen LogP contribution in [0.5, 0.6) is 0 Å². The number of para-hydroxylation sites is 1. The minimum atomic E-state index is -0.499. The van der Waals surface area contributed by atoms with Crippen LogP contribution < -0.4 is 5.32 Å². The number of rotatable bonds is 5. The van der Waals surface area contributed by atoms with Crippen LogP contribution in [0.2, 0.25) is 0 Å². The molecule has 2 atom stereocenters. The van der Waals surface area contributed by atoms with Gasteiger partial charge in [-0.2, -0.15) is 5.10 Å². The number of carbonyl (C=O) groups excluding carboxylic acids is 1. The van der Waals surface area contributed by atoms with Crippen molar-refractivity contribution in [3.63, 3.8) is 0 Å². The average molecular weight is 327 g/mol. The maximum Gasteiger partial charge on any atom is 0.225 e. The number of nitrogens with one attached hydrogen (secondary N) is 1. The summed E-state index contributed by atoms with van der Waals surface area (Å²) in [7, 11) is 0. The van der Waals surface area contributed by atoms with Crippen molar-refractivity contribution in [3.8, 4) is 5.69 Å². The molecule has 2 aromatic rings. The van der Waals surface area contributed by atoms with Crippen LogP contribution in [0.25, 0.3) is 5.69 Å². The van der Waals surface area contributed by atoms with Crippen LogP contribution in [0.3, 0.4) is 0 Å². The maximum absolute atomic E-state index is 12.3. The highest BCUT2D eigenvalue weighted by Crippen LogP contribution is 2.26. The molecule has 128 valence electrons. The third-order valence-electron chi connectivity index (χ3n) is 4.66. The van der Waals surface area contributed by atoms with E-state index < -0.39 is 6.10 Å². The lowest BCUT2D eigenvalue weighted by molar-refractivity contribution is -0.127. The van der Waals surface area contributed by atoms with Crippen LogP contribution in [-0.2, 0) is 11.3 Å². The van der Waals surface area contributed by atoms with E-state index in [0.717, 1.165) is 36.2 Å². The predicted octanol–water partition coefficient (Wildman–Crippen LogP) is 2.77. The van der Waals surface area contributed by atoms with Crippen molar-refractivity contribution in [1.82, 2.24) is 15.1 Å². The Bertz CT molecular complexity index is 694. The summed E-state index contributed by atoms with van der Waals surface area (Å²) >= 11 is 0. The van der Waals surface area contributed by atoms with Gasteiger partial charge in [0.15, 0.2) is 0 Å². The van der Waals surface area contributed by atoms with Crippen molar-refractivity contribution in [2.45, 2.75) is 51.7 Å². The van der Waals surface area contributed by atoms with Gasteiger partial charge >= 0.3 is 0 Å². The molecule has 0 bridgehead atoms. The number of amides is 1. The normalized spacial score (nSPS) is 20.5. The minimum absolute atomic E-state index is 0.0535. The van der Waals surface area contributed by atoms with E-state index in [2.05, 4.69) is 24.3 Å². The average Bonchev–Trinajstić information content (AvgIpc) is 3.20. The summed E-state index contributed by atoms with van der Waals surface area (Å²) in [6, 6.07) is 9.96. The van der Waals surface area contributed by atoms with E-state index in [4.69, 9.17) is 0 Å². The van der Waals surface area contributed by atoms with E-state index in [1.165, 1.54) is 0 Å². The Hall–Kier alpha value is -2.14. The first-order chi connectivity index (χ1) is 11.6. The summed E-state index contributed by atoms with van der Waals surface area (Å²) in [6.07, 6.45) is 3.90. The molecule has 1 saturated carbocycles. The quantitative estimate of drug-likeness (QED) is 0.887. The molecule has 5 nitrogen and oxygen atoms in total. The molecule has 24 heavy (non-hydrogen) atoms. The summed E-state index contributed by atoms with van der Waals surface area (Å²) in [4.78, 5) is 12.3.